The molecular weight excluding hydrogens is 172 g/mol. The van der Waals surface area contributed by atoms with Crippen molar-refractivity contribution in [2.75, 3.05) is 6.61 Å². The van der Waals surface area contributed by atoms with Crippen molar-refractivity contribution >= 4 is 17.5 Å². The molecule has 0 aromatic carbocycles. The molecule has 5 heteroatoms. The van der Waals surface area contributed by atoms with Gasteiger partial charge in [-0.15, -0.1) is 0 Å². The van der Waals surface area contributed by atoms with Gasteiger partial charge in [0, 0.05) is 6.42 Å². The molecule has 5 nitrogen and oxygen atoms in total. The second-order valence-corrected chi connectivity index (χ2v) is 2.11. The SMILES string of the molecule is C=CCOC(=O)C(=[N+]=[N-])C(=O)CC. The first-order valence-corrected chi connectivity index (χ1v) is 3.70. The topological polar surface area (TPSA) is 79.8 Å². The van der Waals surface area contributed by atoms with Gasteiger partial charge < -0.3 is 10.3 Å². The van der Waals surface area contributed by atoms with Crippen molar-refractivity contribution in [2.45, 2.75) is 13.3 Å². The van der Waals surface area contributed by atoms with Gasteiger partial charge in [0.25, 0.3) is 5.78 Å². The van der Waals surface area contributed by atoms with E-state index in [4.69, 9.17) is 5.53 Å². The van der Waals surface area contributed by atoms with E-state index >= 15 is 0 Å². The number of hydrogen-bond donors (Lipinski definition) is 0. The van der Waals surface area contributed by atoms with E-state index in [1.165, 1.54) is 6.08 Å². The summed E-state index contributed by atoms with van der Waals surface area (Å²) in [4.78, 5) is 24.5. The summed E-state index contributed by atoms with van der Waals surface area (Å²) in [6, 6.07) is 0. The van der Waals surface area contributed by atoms with Gasteiger partial charge in [0.1, 0.15) is 6.61 Å². The Kier molecular flexibility index (Phi) is 5.07. The summed E-state index contributed by atoms with van der Waals surface area (Å²) in [7, 11) is 0. The first-order chi connectivity index (χ1) is 6.17. The molecule has 0 unspecified atom stereocenters. The molecule has 70 valence electrons. The molecule has 0 aromatic rings. The highest BCUT2D eigenvalue weighted by Gasteiger charge is 2.28. The molecule has 0 aliphatic rings. The maximum absolute atomic E-state index is 11.0. The van der Waals surface area contributed by atoms with E-state index in [1.54, 1.807) is 6.92 Å². The number of ketones is 1. The van der Waals surface area contributed by atoms with Crippen LogP contribution in [0.25, 0.3) is 5.53 Å². The fourth-order valence-corrected chi connectivity index (χ4v) is 0.581. The van der Waals surface area contributed by atoms with Crippen LogP contribution in [0.15, 0.2) is 12.7 Å². The van der Waals surface area contributed by atoms with Gasteiger partial charge in [-0.1, -0.05) is 19.6 Å². The molecule has 0 heterocycles. The fourth-order valence-electron chi connectivity index (χ4n) is 0.581. The molecule has 13 heavy (non-hydrogen) atoms. The van der Waals surface area contributed by atoms with Crippen LogP contribution in [0.5, 0.6) is 0 Å². The van der Waals surface area contributed by atoms with Crippen LogP contribution >= 0.6 is 0 Å². The highest BCUT2D eigenvalue weighted by molar-refractivity contribution is 6.62. The molecule has 0 N–H and O–H groups in total. The quantitative estimate of drug-likeness (QED) is 0.154. The van der Waals surface area contributed by atoms with Crippen LogP contribution < -0.4 is 0 Å². The summed E-state index contributed by atoms with van der Waals surface area (Å²) in [5.41, 5.74) is 7.76. The molecule has 0 spiro atoms. The van der Waals surface area contributed by atoms with Gasteiger partial charge in [0.05, 0.1) is 0 Å². The number of Topliss-reactive ketones (excluding diaryl/α,β-unsaturated/α-hetero) is 1. The number of carbonyl (C=O) groups excluding carboxylic acids is 2. The van der Waals surface area contributed by atoms with Gasteiger partial charge in [-0.05, 0) is 0 Å². The first-order valence-electron chi connectivity index (χ1n) is 3.70. The van der Waals surface area contributed by atoms with E-state index in [0.29, 0.717) is 0 Å². The Morgan fingerprint density at radius 3 is 2.62 bits per heavy atom. The molecule has 0 aromatic heterocycles. The number of ether oxygens (including phenoxy) is 1. The van der Waals surface area contributed by atoms with Crippen molar-refractivity contribution in [1.29, 1.82) is 0 Å². The maximum atomic E-state index is 11.0. The molecule has 0 saturated carbocycles. The average molecular weight is 182 g/mol. The van der Waals surface area contributed by atoms with Gasteiger partial charge >= 0.3 is 11.7 Å². The van der Waals surface area contributed by atoms with Gasteiger partial charge in [0.15, 0.2) is 0 Å². The summed E-state index contributed by atoms with van der Waals surface area (Å²) in [5.74, 6) is -1.49. The second-order valence-electron chi connectivity index (χ2n) is 2.11. The second kappa shape index (κ2) is 5.85. The van der Waals surface area contributed by atoms with E-state index < -0.39 is 17.5 Å². The molecule has 0 aliphatic carbocycles. The number of esters is 1. The lowest BCUT2D eigenvalue weighted by Gasteiger charge is -1.94. The number of nitrogens with zero attached hydrogens (tertiary/aromatic N) is 2. The molecule has 0 aliphatic heterocycles. The molecule has 0 radical (unpaired) electrons. The van der Waals surface area contributed by atoms with E-state index in [-0.39, 0.29) is 13.0 Å². The summed E-state index contributed by atoms with van der Waals surface area (Å²) >= 11 is 0. The minimum Gasteiger partial charge on any atom is -0.453 e. The van der Waals surface area contributed by atoms with Crippen molar-refractivity contribution in [3.05, 3.63) is 18.2 Å². The highest BCUT2D eigenvalue weighted by Crippen LogP contribution is 1.88. The van der Waals surface area contributed by atoms with Crippen LogP contribution in [0.2, 0.25) is 0 Å². The van der Waals surface area contributed by atoms with Crippen molar-refractivity contribution in [1.82, 2.24) is 0 Å². The number of carbonyl (C=O) groups is 2. The normalized spacial score (nSPS) is 8.38. The monoisotopic (exact) mass is 182 g/mol. The summed E-state index contributed by atoms with van der Waals surface area (Å²) in [6.45, 7) is 4.85. The highest BCUT2D eigenvalue weighted by atomic mass is 16.5. The summed E-state index contributed by atoms with van der Waals surface area (Å²) in [6.07, 6.45) is 1.44. The van der Waals surface area contributed by atoms with Crippen molar-refractivity contribution in [3.63, 3.8) is 0 Å². The van der Waals surface area contributed by atoms with Crippen LogP contribution in [0.4, 0.5) is 0 Å². The fraction of sp³-hybridized carbons (Fsp3) is 0.375. The minimum absolute atomic E-state index is 0.0190. The molecule has 0 amide bonds. The molecule has 0 fully saturated rings. The van der Waals surface area contributed by atoms with Crippen molar-refractivity contribution in [2.24, 2.45) is 0 Å². The van der Waals surface area contributed by atoms with E-state index in [0.717, 1.165) is 0 Å². The molecule has 0 atom stereocenters. The minimum atomic E-state index is -0.936. The summed E-state index contributed by atoms with van der Waals surface area (Å²) < 4.78 is 4.50. The largest absolute Gasteiger partial charge is 0.453 e. The summed E-state index contributed by atoms with van der Waals surface area (Å²) in [5, 5.41) is 0. The Bertz CT molecular complexity index is 277. The Hall–Kier alpha value is -1.74. The van der Waals surface area contributed by atoms with Crippen molar-refractivity contribution < 1.29 is 19.1 Å². The lowest BCUT2D eigenvalue weighted by molar-refractivity contribution is -0.141. The Balaban J connectivity index is 4.43. The Labute approximate surface area is 75.6 Å². The number of rotatable bonds is 5. The Morgan fingerprint density at radius 2 is 2.23 bits per heavy atom. The van der Waals surface area contributed by atoms with E-state index in [9.17, 15) is 9.59 Å². The van der Waals surface area contributed by atoms with Crippen LogP contribution in [0.3, 0.4) is 0 Å². The molecule has 0 rings (SSSR count). The third-order valence-electron chi connectivity index (χ3n) is 1.21. The Morgan fingerprint density at radius 1 is 1.62 bits per heavy atom. The average Bonchev–Trinajstić information content (AvgIpc) is 2.15. The maximum Gasteiger partial charge on any atom is 0.441 e. The van der Waals surface area contributed by atoms with Gasteiger partial charge in [-0.3, -0.25) is 4.79 Å². The molecule has 0 saturated heterocycles. The van der Waals surface area contributed by atoms with Crippen LogP contribution in [-0.2, 0) is 14.3 Å². The van der Waals surface area contributed by atoms with E-state index in [1.807, 2.05) is 0 Å². The van der Waals surface area contributed by atoms with Crippen LogP contribution in [-0.4, -0.2) is 28.9 Å². The lowest BCUT2D eigenvalue weighted by Crippen LogP contribution is -2.26. The third kappa shape index (κ3) is 3.44. The predicted octanol–water partition coefficient (Wildman–Crippen LogP) is 0.366. The zero-order chi connectivity index (χ0) is 10.3. The smallest absolute Gasteiger partial charge is 0.441 e. The van der Waals surface area contributed by atoms with Gasteiger partial charge in [0.2, 0.25) is 0 Å². The van der Waals surface area contributed by atoms with Gasteiger partial charge in [-0.2, -0.15) is 4.79 Å². The standard InChI is InChI=1S/C8H10N2O3/c1-3-5-13-8(12)7(10-9)6(11)4-2/h3H,1,4-5H2,2H3. The number of hydrogen-bond acceptors (Lipinski definition) is 3. The van der Waals surface area contributed by atoms with Crippen molar-refractivity contribution in [3.8, 4) is 0 Å². The zero-order valence-corrected chi connectivity index (χ0v) is 7.32. The van der Waals surface area contributed by atoms with E-state index in [2.05, 4.69) is 16.1 Å². The zero-order valence-electron chi connectivity index (χ0n) is 7.32. The molecular formula is C8H10N2O3. The van der Waals surface area contributed by atoms with Gasteiger partial charge in [-0.25, -0.2) is 4.79 Å². The lowest BCUT2D eigenvalue weighted by atomic mass is 10.2. The first kappa shape index (κ1) is 11.3. The molecule has 0 bridgehead atoms. The van der Waals surface area contributed by atoms with Crippen LogP contribution in [0, 0.1) is 0 Å². The third-order valence-corrected chi connectivity index (χ3v) is 1.21. The van der Waals surface area contributed by atoms with Crippen LogP contribution in [0.1, 0.15) is 13.3 Å². The predicted molar refractivity (Wildman–Crippen MR) is 45.1 cm³/mol.